The minimum atomic E-state index is 0.104. The third kappa shape index (κ3) is 4.68. The van der Waals surface area contributed by atoms with Crippen LogP contribution < -0.4 is 5.32 Å². The minimum absolute atomic E-state index is 0.104. The van der Waals surface area contributed by atoms with Crippen molar-refractivity contribution >= 4 is 11.9 Å². The molecular weight excluding hydrogens is 348 g/mol. The molecule has 1 saturated heterocycles. The average Bonchev–Trinajstić information content (AvgIpc) is 3.36. The summed E-state index contributed by atoms with van der Waals surface area (Å²) in [4.78, 5) is 21.6. The minimum Gasteiger partial charge on any atom is -0.357 e. The molecule has 1 aromatic rings. The monoisotopic (exact) mass is 384 g/mol. The van der Waals surface area contributed by atoms with Crippen LogP contribution in [0.4, 0.5) is 0 Å². The molecule has 1 spiro atoms. The largest absolute Gasteiger partial charge is 0.357 e. The summed E-state index contributed by atoms with van der Waals surface area (Å²) in [6.07, 6.45) is 6.84. The molecule has 1 N–H and O–H groups in total. The molecule has 1 aromatic carbocycles. The maximum Gasteiger partial charge on any atom is 0.253 e. The van der Waals surface area contributed by atoms with Gasteiger partial charge in [0.05, 0.1) is 6.54 Å². The predicted octanol–water partition coefficient (Wildman–Crippen LogP) is 3.90. The second-order valence-electron chi connectivity index (χ2n) is 8.22. The van der Waals surface area contributed by atoms with Crippen molar-refractivity contribution in [2.24, 2.45) is 10.4 Å². The average molecular weight is 385 g/mol. The Morgan fingerprint density at radius 1 is 1.11 bits per heavy atom. The van der Waals surface area contributed by atoms with E-state index >= 15 is 0 Å². The molecule has 0 radical (unpaired) electrons. The fourth-order valence-corrected chi connectivity index (χ4v) is 4.69. The maximum atomic E-state index is 12.4. The van der Waals surface area contributed by atoms with Gasteiger partial charge in [0.1, 0.15) is 0 Å². The third-order valence-electron chi connectivity index (χ3n) is 6.40. The number of amides is 1. The summed E-state index contributed by atoms with van der Waals surface area (Å²) in [5.41, 5.74) is 2.44. The number of guanidine groups is 1. The fourth-order valence-electron chi connectivity index (χ4n) is 4.69. The number of nitrogens with one attached hydrogen (secondary N) is 1. The molecule has 0 aromatic heterocycles. The Kier molecular flexibility index (Phi) is 6.97. The number of nitrogens with zero attached hydrogens (tertiary/aromatic N) is 3. The summed E-state index contributed by atoms with van der Waals surface area (Å²) >= 11 is 0. The van der Waals surface area contributed by atoms with Crippen molar-refractivity contribution in [3.8, 4) is 0 Å². The van der Waals surface area contributed by atoms with E-state index < -0.39 is 0 Å². The summed E-state index contributed by atoms with van der Waals surface area (Å²) in [6, 6.07) is 7.93. The number of hydrogen-bond donors (Lipinski definition) is 1. The van der Waals surface area contributed by atoms with E-state index in [0.29, 0.717) is 12.0 Å². The van der Waals surface area contributed by atoms with E-state index in [1.807, 2.05) is 43.0 Å². The summed E-state index contributed by atoms with van der Waals surface area (Å²) in [6.45, 7) is 11.4. The molecule has 28 heavy (non-hydrogen) atoms. The van der Waals surface area contributed by atoms with E-state index in [1.165, 1.54) is 32.1 Å². The van der Waals surface area contributed by atoms with E-state index in [1.54, 1.807) is 0 Å². The van der Waals surface area contributed by atoms with Crippen molar-refractivity contribution in [3.63, 3.8) is 0 Å². The van der Waals surface area contributed by atoms with Crippen molar-refractivity contribution in [2.75, 3.05) is 32.7 Å². The Labute approximate surface area is 170 Å². The molecule has 5 heteroatoms. The first-order valence-corrected chi connectivity index (χ1v) is 11.0. The lowest BCUT2D eigenvalue weighted by Crippen LogP contribution is -2.41. The number of rotatable bonds is 6. The van der Waals surface area contributed by atoms with Gasteiger partial charge in [-0.2, -0.15) is 0 Å². The Hall–Kier alpha value is -2.04. The normalized spacial score (nSPS) is 18.7. The van der Waals surface area contributed by atoms with E-state index in [4.69, 9.17) is 4.99 Å². The molecule has 2 aliphatic rings. The molecule has 3 rings (SSSR count). The Balaban J connectivity index is 1.64. The molecule has 5 nitrogen and oxygen atoms in total. The van der Waals surface area contributed by atoms with Gasteiger partial charge in [-0.25, -0.2) is 4.99 Å². The van der Waals surface area contributed by atoms with Crippen LogP contribution in [0, 0.1) is 5.41 Å². The highest BCUT2D eigenvalue weighted by Crippen LogP contribution is 2.45. The van der Waals surface area contributed by atoms with Crippen LogP contribution in [-0.2, 0) is 6.54 Å². The molecule has 1 aliphatic carbocycles. The molecule has 0 bridgehead atoms. The van der Waals surface area contributed by atoms with Crippen molar-refractivity contribution in [3.05, 3.63) is 35.4 Å². The van der Waals surface area contributed by atoms with Gasteiger partial charge in [0.2, 0.25) is 0 Å². The summed E-state index contributed by atoms with van der Waals surface area (Å²) < 4.78 is 0. The van der Waals surface area contributed by atoms with Gasteiger partial charge in [-0.05, 0) is 63.1 Å². The summed E-state index contributed by atoms with van der Waals surface area (Å²) in [5, 5.41) is 3.48. The molecule has 154 valence electrons. The smallest absolute Gasteiger partial charge is 0.253 e. The standard InChI is InChI=1S/C23H36N4O/c1-4-24-22(27-16-15-23(18-27)13-7-8-14-23)25-17-19-9-11-20(12-10-19)21(28)26(5-2)6-3/h9-12H,4-8,13-18H2,1-3H3,(H,24,25). The Morgan fingerprint density at radius 2 is 1.79 bits per heavy atom. The number of benzene rings is 1. The first kappa shape index (κ1) is 20.7. The zero-order valence-electron chi connectivity index (χ0n) is 17.8. The van der Waals surface area contributed by atoms with Gasteiger partial charge in [-0.15, -0.1) is 0 Å². The van der Waals surface area contributed by atoms with E-state index in [9.17, 15) is 4.79 Å². The summed E-state index contributed by atoms with van der Waals surface area (Å²) in [7, 11) is 0. The number of carbonyl (C=O) groups is 1. The van der Waals surface area contributed by atoms with Crippen LogP contribution in [0.15, 0.2) is 29.3 Å². The molecule has 1 amide bonds. The molecule has 1 heterocycles. The molecule has 1 saturated carbocycles. The maximum absolute atomic E-state index is 12.4. The van der Waals surface area contributed by atoms with Crippen LogP contribution >= 0.6 is 0 Å². The van der Waals surface area contributed by atoms with Gasteiger partial charge in [0.25, 0.3) is 5.91 Å². The molecule has 1 aliphatic heterocycles. The van der Waals surface area contributed by atoms with Crippen LogP contribution in [0.3, 0.4) is 0 Å². The highest BCUT2D eigenvalue weighted by molar-refractivity contribution is 5.94. The SMILES string of the molecule is CCNC(=NCc1ccc(C(=O)N(CC)CC)cc1)N1CCC2(CCCC2)C1. The zero-order chi connectivity index (χ0) is 20.0. The van der Waals surface area contributed by atoms with Crippen molar-refractivity contribution in [1.82, 2.24) is 15.1 Å². The van der Waals surface area contributed by atoms with Crippen LogP contribution in [-0.4, -0.2) is 54.4 Å². The quantitative estimate of drug-likeness (QED) is 0.598. The van der Waals surface area contributed by atoms with Crippen LogP contribution in [0.2, 0.25) is 0 Å². The van der Waals surface area contributed by atoms with Crippen molar-refractivity contribution in [1.29, 1.82) is 0 Å². The lowest BCUT2D eigenvalue weighted by atomic mass is 9.86. The zero-order valence-corrected chi connectivity index (χ0v) is 17.8. The topological polar surface area (TPSA) is 47.9 Å². The molecule has 0 atom stereocenters. The second kappa shape index (κ2) is 9.44. The molecule has 0 unspecified atom stereocenters. The van der Waals surface area contributed by atoms with Crippen molar-refractivity contribution in [2.45, 2.75) is 59.4 Å². The van der Waals surface area contributed by atoms with Gasteiger partial charge in [0, 0.05) is 38.3 Å². The Morgan fingerprint density at radius 3 is 2.39 bits per heavy atom. The molecule has 2 fully saturated rings. The second-order valence-corrected chi connectivity index (χ2v) is 8.22. The van der Waals surface area contributed by atoms with Gasteiger partial charge in [0.15, 0.2) is 5.96 Å². The number of aliphatic imine (C=N–C) groups is 1. The first-order chi connectivity index (χ1) is 13.6. The fraction of sp³-hybridized carbons (Fsp3) is 0.652. The highest BCUT2D eigenvalue weighted by atomic mass is 16.2. The van der Waals surface area contributed by atoms with Crippen molar-refractivity contribution < 1.29 is 4.79 Å². The lowest BCUT2D eigenvalue weighted by Gasteiger charge is -2.26. The number of hydrogen-bond acceptors (Lipinski definition) is 2. The molecular formula is C23H36N4O. The third-order valence-corrected chi connectivity index (χ3v) is 6.40. The first-order valence-electron chi connectivity index (χ1n) is 11.0. The van der Waals surface area contributed by atoms with Crippen LogP contribution in [0.5, 0.6) is 0 Å². The van der Waals surface area contributed by atoms with Gasteiger partial charge in [-0.3, -0.25) is 4.79 Å². The lowest BCUT2D eigenvalue weighted by molar-refractivity contribution is 0.0773. The van der Waals surface area contributed by atoms with Gasteiger partial charge < -0.3 is 15.1 Å². The number of likely N-dealkylation sites (tertiary alicyclic amines) is 1. The predicted molar refractivity (Wildman–Crippen MR) is 116 cm³/mol. The van der Waals surface area contributed by atoms with Crippen LogP contribution in [0.1, 0.15) is 68.8 Å². The van der Waals surface area contributed by atoms with E-state index in [2.05, 4.69) is 17.1 Å². The number of carbonyl (C=O) groups excluding carboxylic acids is 1. The van der Waals surface area contributed by atoms with Crippen LogP contribution in [0.25, 0.3) is 0 Å². The van der Waals surface area contributed by atoms with E-state index in [-0.39, 0.29) is 5.91 Å². The van der Waals surface area contributed by atoms with Gasteiger partial charge in [-0.1, -0.05) is 25.0 Å². The van der Waals surface area contributed by atoms with E-state index in [0.717, 1.165) is 49.8 Å². The highest BCUT2D eigenvalue weighted by Gasteiger charge is 2.41. The Bertz CT molecular complexity index is 672. The van der Waals surface area contributed by atoms with Gasteiger partial charge >= 0.3 is 0 Å². The summed E-state index contributed by atoms with van der Waals surface area (Å²) in [5.74, 6) is 1.14.